The van der Waals surface area contributed by atoms with Crippen molar-refractivity contribution in [2.24, 2.45) is 0 Å². The Labute approximate surface area is 187 Å². The second-order valence-electron chi connectivity index (χ2n) is 7.40. The molecule has 0 radical (unpaired) electrons. The Bertz CT molecular complexity index is 1150. The number of carbonyl (C=O) groups excluding carboxylic acids is 3. The number of carbonyl (C=O) groups is 3. The highest BCUT2D eigenvalue weighted by atomic mass is 16.5. The molecule has 1 N–H and O–H groups in total. The van der Waals surface area contributed by atoms with Crippen molar-refractivity contribution in [1.29, 1.82) is 0 Å². The summed E-state index contributed by atoms with van der Waals surface area (Å²) in [6, 6.07) is 19.3. The van der Waals surface area contributed by atoms with Crippen molar-refractivity contribution in [1.82, 2.24) is 5.32 Å². The van der Waals surface area contributed by atoms with Crippen molar-refractivity contribution < 1.29 is 23.9 Å². The van der Waals surface area contributed by atoms with E-state index in [1.54, 1.807) is 37.4 Å². The lowest BCUT2D eigenvalue weighted by atomic mass is 9.94. The third kappa shape index (κ3) is 5.60. The van der Waals surface area contributed by atoms with E-state index in [1.165, 1.54) is 6.07 Å². The fraction of sp³-hybridized carbons (Fsp3) is 0.192. The zero-order chi connectivity index (χ0) is 23.1. The molecule has 0 atom stereocenters. The number of hydrogen-bond donors (Lipinski definition) is 1. The van der Waals surface area contributed by atoms with E-state index in [1.807, 2.05) is 44.2 Å². The Morgan fingerprint density at radius 3 is 2.34 bits per heavy atom. The quantitative estimate of drug-likeness (QED) is 0.430. The van der Waals surface area contributed by atoms with E-state index in [2.05, 4.69) is 5.32 Å². The maximum atomic E-state index is 13.1. The summed E-state index contributed by atoms with van der Waals surface area (Å²) in [7, 11) is 1.57. The molecule has 0 aliphatic rings. The van der Waals surface area contributed by atoms with Gasteiger partial charge in [-0.25, -0.2) is 4.79 Å². The lowest BCUT2D eigenvalue weighted by Crippen LogP contribution is -2.28. The van der Waals surface area contributed by atoms with E-state index in [4.69, 9.17) is 9.47 Å². The second-order valence-corrected chi connectivity index (χ2v) is 7.40. The highest BCUT2D eigenvalue weighted by molar-refractivity contribution is 6.15. The molecule has 0 aliphatic heterocycles. The lowest BCUT2D eigenvalue weighted by molar-refractivity contribution is -0.124. The molecule has 6 heteroatoms. The van der Waals surface area contributed by atoms with Crippen LogP contribution >= 0.6 is 0 Å². The smallest absolute Gasteiger partial charge is 0.339 e. The van der Waals surface area contributed by atoms with E-state index in [9.17, 15) is 14.4 Å². The monoisotopic (exact) mass is 431 g/mol. The zero-order valence-corrected chi connectivity index (χ0v) is 18.3. The Morgan fingerprint density at radius 1 is 0.844 bits per heavy atom. The molecule has 3 aromatic rings. The van der Waals surface area contributed by atoms with Crippen LogP contribution in [0.3, 0.4) is 0 Å². The predicted molar refractivity (Wildman–Crippen MR) is 121 cm³/mol. The first kappa shape index (κ1) is 22.7. The molecule has 6 nitrogen and oxygen atoms in total. The largest absolute Gasteiger partial charge is 0.497 e. The van der Waals surface area contributed by atoms with Crippen LogP contribution in [0.15, 0.2) is 66.7 Å². The molecule has 32 heavy (non-hydrogen) atoms. The number of hydrogen-bond acceptors (Lipinski definition) is 5. The number of esters is 1. The molecule has 3 rings (SSSR count). The molecule has 0 saturated carbocycles. The summed E-state index contributed by atoms with van der Waals surface area (Å²) in [4.78, 5) is 37.9. The molecule has 3 aromatic carbocycles. The number of amides is 1. The summed E-state index contributed by atoms with van der Waals surface area (Å²) in [6.07, 6.45) is 0. The molecule has 0 unspecified atom stereocenters. The van der Waals surface area contributed by atoms with Gasteiger partial charge in [0.15, 0.2) is 12.4 Å². The molecular formula is C26H25NO5. The van der Waals surface area contributed by atoms with E-state index >= 15 is 0 Å². The summed E-state index contributed by atoms with van der Waals surface area (Å²) in [5.41, 5.74) is 3.52. The number of ether oxygens (including phenoxy) is 2. The Kier molecular flexibility index (Phi) is 7.39. The lowest BCUT2D eigenvalue weighted by Gasteiger charge is -2.11. The first-order valence-corrected chi connectivity index (χ1v) is 10.2. The normalized spacial score (nSPS) is 10.3. The van der Waals surface area contributed by atoms with Crippen molar-refractivity contribution >= 4 is 17.7 Å². The van der Waals surface area contributed by atoms with Gasteiger partial charge in [-0.1, -0.05) is 48.0 Å². The molecule has 0 heterocycles. The Morgan fingerprint density at radius 2 is 1.59 bits per heavy atom. The Hall–Kier alpha value is -3.93. The third-order valence-corrected chi connectivity index (χ3v) is 4.99. The van der Waals surface area contributed by atoms with Gasteiger partial charge in [0.05, 0.1) is 12.7 Å². The molecular weight excluding hydrogens is 406 g/mol. The minimum absolute atomic E-state index is 0.124. The van der Waals surface area contributed by atoms with Gasteiger partial charge in [-0.2, -0.15) is 0 Å². The maximum Gasteiger partial charge on any atom is 0.339 e. The number of benzene rings is 3. The van der Waals surface area contributed by atoms with E-state index < -0.39 is 18.5 Å². The van der Waals surface area contributed by atoms with Crippen LogP contribution in [0.2, 0.25) is 0 Å². The van der Waals surface area contributed by atoms with Crippen LogP contribution in [0.25, 0.3) is 0 Å². The summed E-state index contributed by atoms with van der Waals surface area (Å²) >= 11 is 0. The maximum absolute atomic E-state index is 13.1. The van der Waals surface area contributed by atoms with Crippen LogP contribution in [0.1, 0.15) is 43.0 Å². The average Bonchev–Trinajstić information content (AvgIpc) is 2.82. The van der Waals surface area contributed by atoms with Crippen molar-refractivity contribution in [3.63, 3.8) is 0 Å². The fourth-order valence-electron chi connectivity index (χ4n) is 3.23. The first-order chi connectivity index (χ1) is 15.4. The van der Waals surface area contributed by atoms with Crippen molar-refractivity contribution in [3.8, 4) is 5.75 Å². The number of aryl methyl sites for hydroxylation is 2. The topological polar surface area (TPSA) is 81.7 Å². The summed E-state index contributed by atoms with van der Waals surface area (Å²) in [5.74, 6) is -0.746. The Balaban J connectivity index is 1.65. The van der Waals surface area contributed by atoms with Crippen LogP contribution in [-0.4, -0.2) is 31.4 Å². The van der Waals surface area contributed by atoms with Crippen molar-refractivity contribution in [2.75, 3.05) is 13.7 Å². The van der Waals surface area contributed by atoms with Crippen LogP contribution in [0, 0.1) is 13.8 Å². The number of methoxy groups -OCH3 is 1. The van der Waals surface area contributed by atoms with Crippen molar-refractivity contribution in [2.45, 2.75) is 20.4 Å². The summed E-state index contributed by atoms with van der Waals surface area (Å²) < 4.78 is 10.3. The zero-order valence-electron chi connectivity index (χ0n) is 18.3. The number of rotatable bonds is 8. The third-order valence-electron chi connectivity index (χ3n) is 4.99. The summed E-state index contributed by atoms with van der Waals surface area (Å²) in [6.45, 7) is 3.57. The van der Waals surface area contributed by atoms with Gasteiger partial charge in [0.1, 0.15) is 5.75 Å². The minimum Gasteiger partial charge on any atom is -0.497 e. The second kappa shape index (κ2) is 10.4. The van der Waals surface area contributed by atoms with Gasteiger partial charge < -0.3 is 14.8 Å². The molecule has 0 saturated heterocycles. The van der Waals surface area contributed by atoms with Gasteiger partial charge in [0, 0.05) is 17.7 Å². The standard InChI is InChI=1S/C26H25NO5/c1-17-11-12-18(2)23(13-17)25(29)21-9-4-5-10-22(21)26(30)32-16-24(28)27-15-19-7-6-8-20(14-19)31-3/h4-14H,15-16H2,1-3H3,(H,27,28). The van der Waals surface area contributed by atoms with Crippen molar-refractivity contribution in [3.05, 3.63) is 100 Å². The predicted octanol–water partition coefficient (Wildman–Crippen LogP) is 4.02. The van der Waals surface area contributed by atoms with Crippen LogP contribution in [0.5, 0.6) is 5.75 Å². The molecule has 0 bridgehead atoms. The van der Waals surface area contributed by atoms with Gasteiger partial charge in [-0.05, 0) is 49.2 Å². The SMILES string of the molecule is COc1cccc(CNC(=O)COC(=O)c2ccccc2C(=O)c2cc(C)ccc2C)c1. The van der Waals surface area contributed by atoms with Crippen LogP contribution in [-0.2, 0) is 16.1 Å². The van der Waals surface area contributed by atoms with E-state index in [-0.39, 0.29) is 23.5 Å². The van der Waals surface area contributed by atoms with Gasteiger partial charge in [-0.15, -0.1) is 0 Å². The fourth-order valence-corrected chi connectivity index (χ4v) is 3.23. The molecule has 164 valence electrons. The van der Waals surface area contributed by atoms with Gasteiger partial charge in [0.25, 0.3) is 5.91 Å². The summed E-state index contributed by atoms with van der Waals surface area (Å²) in [5, 5.41) is 2.70. The molecule has 0 aromatic heterocycles. The van der Waals surface area contributed by atoms with Crippen LogP contribution in [0.4, 0.5) is 0 Å². The molecule has 0 fully saturated rings. The van der Waals surface area contributed by atoms with E-state index in [0.29, 0.717) is 11.3 Å². The van der Waals surface area contributed by atoms with Gasteiger partial charge in [-0.3, -0.25) is 9.59 Å². The van der Waals surface area contributed by atoms with Crippen LogP contribution < -0.4 is 10.1 Å². The first-order valence-electron chi connectivity index (χ1n) is 10.2. The number of nitrogens with one attached hydrogen (secondary N) is 1. The highest BCUT2D eigenvalue weighted by Crippen LogP contribution is 2.19. The van der Waals surface area contributed by atoms with E-state index in [0.717, 1.165) is 16.7 Å². The molecule has 0 aliphatic carbocycles. The molecule has 0 spiro atoms. The highest BCUT2D eigenvalue weighted by Gasteiger charge is 2.21. The van der Waals surface area contributed by atoms with Gasteiger partial charge in [0.2, 0.25) is 0 Å². The molecule has 1 amide bonds. The number of ketones is 1. The average molecular weight is 431 g/mol. The van der Waals surface area contributed by atoms with Gasteiger partial charge >= 0.3 is 5.97 Å². The minimum atomic E-state index is -0.726.